The minimum absolute atomic E-state index is 0.387. The molecule has 2 atom stereocenters. The van der Waals surface area contributed by atoms with Gasteiger partial charge >= 0.3 is 0 Å². The van der Waals surface area contributed by atoms with Gasteiger partial charge in [0, 0.05) is 0 Å². The fraction of sp³-hybridized carbons (Fsp3) is 0.455. The molecule has 0 amide bonds. The molecule has 0 N–H and O–H groups in total. The van der Waals surface area contributed by atoms with Gasteiger partial charge in [-0.2, -0.15) is 0 Å². The lowest BCUT2D eigenvalue weighted by Crippen LogP contribution is -2.28. The molecule has 0 fully saturated rings. The van der Waals surface area contributed by atoms with E-state index in [9.17, 15) is 0 Å². The van der Waals surface area contributed by atoms with E-state index in [1.807, 2.05) is 24.3 Å². The Morgan fingerprint density at radius 2 is 1.19 bits per heavy atom. The number of thioether (sulfide) groups is 2. The molecule has 2 unspecified atom stereocenters. The highest BCUT2D eigenvalue weighted by molar-refractivity contribution is 7.99. The number of methoxy groups -OCH3 is 2. The maximum Gasteiger partial charge on any atom is 0.209 e. The van der Waals surface area contributed by atoms with E-state index in [0.29, 0.717) is 60.9 Å². The fourth-order valence-corrected chi connectivity index (χ4v) is 5.61. The first-order chi connectivity index (χ1) is 15.3. The van der Waals surface area contributed by atoms with Crippen LogP contribution < -0.4 is 18.9 Å². The average molecular weight is 465 g/mol. The van der Waals surface area contributed by atoms with E-state index >= 15 is 0 Å². The number of fused-ring (bicyclic) bond motifs is 3. The zero-order valence-corrected chi connectivity index (χ0v) is 19.0. The Balaban J connectivity index is 1.70. The Labute approximate surface area is 189 Å². The predicted octanol–water partition coefficient (Wildman–Crippen LogP) is 4.06. The van der Waals surface area contributed by atoms with Gasteiger partial charge < -0.3 is 33.2 Å². The number of hydrogen-bond donors (Lipinski definition) is 0. The summed E-state index contributed by atoms with van der Waals surface area (Å²) in [6, 6.07) is 7.94. The molecular formula is C22H24O7S2. The number of ether oxygens (including phenoxy) is 7. The monoisotopic (exact) mass is 464 g/mol. The van der Waals surface area contributed by atoms with Crippen molar-refractivity contribution in [2.75, 3.05) is 52.2 Å². The van der Waals surface area contributed by atoms with E-state index in [1.54, 1.807) is 37.7 Å². The van der Waals surface area contributed by atoms with E-state index in [-0.39, 0.29) is 12.6 Å². The van der Waals surface area contributed by atoms with Crippen LogP contribution in [-0.2, 0) is 14.2 Å². The molecule has 4 bridgehead atoms. The van der Waals surface area contributed by atoms with Crippen LogP contribution in [0, 0.1) is 0 Å². The van der Waals surface area contributed by atoms with Crippen LogP contribution in [0.2, 0.25) is 0 Å². The summed E-state index contributed by atoms with van der Waals surface area (Å²) in [5.41, 5.74) is 1.59. The van der Waals surface area contributed by atoms with Gasteiger partial charge in [-0.3, -0.25) is 0 Å². The number of rotatable bonds is 2. The highest BCUT2D eigenvalue weighted by Gasteiger charge is 2.33. The van der Waals surface area contributed by atoms with Crippen LogP contribution in [0.25, 0.3) is 11.1 Å². The summed E-state index contributed by atoms with van der Waals surface area (Å²) in [5.74, 6) is 4.16. The Morgan fingerprint density at radius 1 is 0.710 bits per heavy atom. The molecule has 0 saturated carbocycles. The lowest BCUT2D eigenvalue weighted by atomic mass is 10.0. The minimum Gasteiger partial charge on any atom is -0.496 e. The highest BCUT2D eigenvalue weighted by Crippen LogP contribution is 2.55. The molecule has 2 aromatic rings. The first-order valence-electron chi connectivity index (χ1n) is 10.1. The van der Waals surface area contributed by atoms with Gasteiger partial charge in [-0.25, -0.2) is 0 Å². The standard InChI is InChI=1S/C22H24O7S2/c1-23-13-3-5-15-21-19(13)20-14(24-2)4-6-16-22(20)29-18(12-31-16)27-10-8-25-7-9-26-17(28-21)11-30-15/h3-6,17-18H,7-12H2,1-2H3. The van der Waals surface area contributed by atoms with Crippen molar-refractivity contribution in [2.24, 2.45) is 0 Å². The van der Waals surface area contributed by atoms with Gasteiger partial charge in [-0.15, -0.1) is 23.5 Å². The van der Waals surface area contributed by atoms with Crippen LogP contribution in [-0.4, -0.2) is 64.7 Å². The lowest BCUT2D eigenvalue weighted by Gasteiger charge is -2.31. The average Bonchev–Trinajstić information content (AvgIpc) is 2.81. The van der Waals surface area contributed by atoms with Gasteiger partial charge in [0.1, 0.15) is 23.0 Å². The van der Waals surface area contributed by atoms with Gasteiger partial charge in [0.15, 0.2) is 0 Å². The van der Waals surface area contributed by atoms with Gasteiger partial charge in [-0.05, 0) is 24.3 Å². The smallest absolute Gasteiger partial charge is 0.209 e. The summed E-state index contributed by atoms with van der Waals surface area (Å²) in [7, 11) is 3.30. The summed E-state index contributed by atoms with van der Waals surface area (Å²) < 4.78 is 41.7. The minimum atomic E-state index is -0.387. The third-order valence-electron chi connectivity index (χ3n) is 5.17. The van der Waals surface area contributed by atoms with E-state index in [4.69, 9.17) is 33.2 Å². The van der Waals surface area contributed by atoms with Crippen LogP contribution >= 0.6 is 23.5 Å². The normalized spacial score (nSPS) is 22.9. The Kier molecular flexibility index (Phi) is 6.38. The summed E-state index contributed by atoms with van der Waals surface area (Å²) in [6.45, 7) is 1.84. The molecule has 3 aliphatic heterocycles. The molecule has 5 rings (SSSR count). The second-order valence-electron chi connectivity index (χ2n) is 7.01. The largest absolute Gasteiger partial charge is 0.496 e. The van der Waals surface area contributed by atoms with Crippen molar-refractivity contribution in [1.29, 1.82) is 0 Å². The van der Waals surface area contributed by atoms with Gasteiger partial charge in [0.25, 0.3) is 0 Å². The molecular weight excluding hydrogens is 440 g/mol. The van der Waals surface area contributed by atoms with Crippen molar-refractivity contribution < 1.29 is 33.2 Å². The SMILES string of the molecule is COc1ccc2c3c1-c1c(OC)ccc4c1OC(CS4)OCCOCCOC(CS2)O3. The maximum atomic E-state index is 6.35. The molecule has 0 saturated heterocycles. The van der Waals surface area contributed by atoms with E-state index < -0.39 is 0 Å². The Bertz CT molecular complexity index is 876. The summed E-state index contributed by atoms with van der Waals surface area (Å²) in [5, 5.41) is 0. The molecule has 31 heavy (non-hydrogen) atoms. The molecule has 3 heterocycles. The highest BCUT2D eigenvalue weighted by atomic mass is 32.2. The molecule has 7 nitrogen and oxygen atoms in total. The van der Waals surface area contributed by atoms with Crippen LogP contribution in [0.4, 0.5) is 0 Å². The van der Waals surface area contributed by atoms with Crippen LogP contribution in [0.15, 0.2) is 34.1 Å². The van der Waals surface area contributed by atoms with Crippen molar-refractivity contribution in [2.45, 2.75) is 22.4 Å². The summed E-state index contributed by atoms with van der Waals surface area (Å²) in [4.78, 5) is 2.04. The summed E-state index contributed by atoms with van der Waals surface area (Å²) in [6.07, 6.45) is -0.774. The number of benzene rings is 2. The third kappa shape index (κ3) is 4.17. The van der Waals surface area contributed by atoms with Crippen LogP contribution in [0.3, 0.4) is 0 Å². The molecule has 9 heteroatoms. The van der Waals surface area contributed by atoms with Gasteiger partial charge in [0.2, 0.25) is 12.6 Å². The van der Waals surface area contributed by atoms with Crippen molar-refractivity contribution in [3.8, 4) is 34.1 Å². The fourth-order valence-electron chi connectivity index (χ4n) is 3.76. The molecule has 0 radical (unpaired) electrons. The van der Waals surface area contributed by atoms with E-state index in [1.165, 1.54) is 0 Å². The van der Waals surface area contributed by atoms with Crippen molar-refractivity contribution in [3.05, 3.63) is 24.3 Å². The summed E-state index contributed by atoms with van der Waals surface area (Å²) >= 11 is 3.39. The maximum absolute atomic E-state index is 6.35. The zero-order chi connectivity index (χ0) is 21.2. The second-order valence-corrected chi connectivity index (χ2v) is 9.13. The van der Waals surface area contributed by atoms with Crippen molar-refractivity contribution in [1.82, 2.24) is 0 Å². The predicted molar refractivity (Wildman–Crippen MR) is 118 cm³/mol. The van der Waals surface area contributed by atoms with E-state index in [2.05, 4.69) is 0 Å². The Morgan fingerprint density at radius 3 is 1.65 bits per heavy atom. The second kappa shape index (κ2) is 9.38. The number of hydrogen-bond acceptors (Lipinski definition) is 9. The molecule has 0 aromatic heterocycles. The molecule has 0 aliphatic carbocycles. The first kappa shape index (κ1) is 21.1. The molecule has 166 valence electrons. The molecule has 3 aliphatic rings. The molecule has 0 spiro atoms. The van der Waals surface area contributed by atoms with Crippen molar-refractivity contribution >= 4 is 23.5 Å². The molecule has 2 aromatic carbocycles. The first-order valence-corrected chi connectivity index (χ1v) is 12.1. The quantitative estimate of drug-likeness (QED) is 0.655. The van der Waals surface area contributed by atoms with Crippen LogP contribution in [0.5, 0.6) is 23.0 Å². The van der Waals surface area contributed by atoms with E-state index in [0.717, 1.165) is 20.9 Å². The third-order valence-corrected chi connectivity index (χ3v) is 7.31. The van der Waals surface area contributed by atoms with Gasteiger partial charge in [0.05, 0.1) is 73.1 Å². The Hall–Kier alpha value is -1.78. The zero-order valence-electron chi connectivity index (χ0n) is 17.4. The van der Waals surface area contributed by atoms with Crippen LogP contribution in [0.1, 0.15) is 0 Å². The lowest BCUT2D eigenvalue weighted by molar-refractivity contribution is -0.100. The topological polar surface area (TPSA) is 64.6 Å². The van der Waals surface area contributed by atoms with Gasteiger partial charge in [-0.1, -0.05) is 0 Å². The van der Waals surface area contributed by atoms with Crippen molar-refractivity contribution in [3.63, 3.8) is 0 Å².